The number of methoxy groups -OCH3 is 1. The topological polar surface area (TPSA) is 33.6 Å². The minimum Gasteiger partial charge on any atom is -0.496 e. The first-order chi connectivity index (χ1) is 7.42. The molecule has 0 aromatic heterocycles. The van der Waals surface area contributed by atoms with E-state index in [1.807, 2.05) is 18.2 Å². The second-order valence-electron chi connectivity index (χ2n) is 4.51. The molecule has 88 valence electrons. The summed E-state index contributed by atoms with van der Waals surface area (Å²) >= 11 is 3.42. The molecule has 0 aliphatic rings. The monoisotopic (exact) mass is 284 g/mol. The van der Waals surface area contributed by atoms with Gasteiger partial charge in [0.25, 0.3) is 0 Å². The van der Waals surface area contributed by atoms with E-state index in [4.69, 9.17) is 4.74 Å². The lowest BCUT2D eigenvalue weighted by Crippen LogP contribution is -2.31. The van der Waals surface area contributed by atoms with E-state index in [9.17, 15) is 0 Å². The first kappa shape index (κ1) is 13.0. The van der Waals surface area contributed by atoms with Gasteiger partial charge in [-0.2, -0.15) is 5.10 Å². The summed E-state index contributed by atoms with van der Waals surface area (Å²) in [5.74, 6) is 0.808. The Labute approximate surface area is 105 Å². The van der Waals surface area contributed by atoms with Crippen molar-refractivity contribution in [1.29, 1.82) is 0 Å². The molecule has 1 rings (SSSR count). The lowest BCUT2D eigenvalue weighted by molar-refractivity contribution is 0.413. The van der Waals surface area contributed by atoms with Crippen LogP contribution in [-0.2, 0) is 0 Å². The van der Waals surface area contributed by atoms with E-state index in [0.717, 1.165) is 15.8 Å². The molecule has 0 saturated heterocycles. The lowest BCUT2D eigenvalue weighted by atomic mass is 10.1. The molecule has 1 N–H and O–H groups in total. The summed E-state index contributed by atoms with van der Waals surface area (Å²) in [4.78, 5) is 0. The first-order valence-corrected chi connectivity index (χ1v) is 5.85. The Balaban J connectivity index is 2.83. The molecule has 0 radical (unpaired) electrons. The SMILES string of the molecule is COc1ccc(Br)cc1/C=N/NC(C)(C)C. The van der Waals surface area contributed by atoms with Crippen molar-refractivity contribution in [3.05, 3.63) is 28.2 Å². The van der Waals surface area contributed by atoms with Crippen molar-refractivity contribution in [2.24, 2.45) is 5.10 Å². The third-order valence-electron chi connectivity index (χ3n) is 1.80. The highest BCUT2D eigenvalue weighted by Gasteiger charge is 2.06. The summed E-state index contributed by atoms with van der Waals surface area (Å²) in [7, 11) is 1.65. The summed E-state index contributed by atoms with van der Waals surface area (Å²) in [6.45, 7) is 6.17. The van der Waals surface area contributed by atoms with E-state index in [1.165, 1.54) is 0 Å². The molecule has 0 bridgehead atoms. The predicted molar refractivity (Wildman–Crippen MR) is 71.2 cm³/mol. The van der Waals surface area contributed by atoms with Gasteiger partial charge in [-0.25, -0.2) is 0 Å². The number of hydrazone groups is 1. The predicted octanol–water partition coefficient (Wildman–Crippen LogP) is 3.18. The molecule has 3 nitrogen and oxygen atoms in total. The van der Waals surface area contributed by atoms with Crippen LogP contribution < -0.4 is 10.2 Å². The number of rotatable bonds is 3. The molecule has 16 heavy (non-hydrogen) atoms. The van der Waals surface area contributed by atoms with Gasteiger partial charge in [-0.1, -0.05) is 15.9 Å². The van der Waals surface area contributed by atoms with Gasteiger partial charge >= 0.3 is 0 Å². The van der Waals surface area contributed by atoms with Crippen molar-refractivity contribution in [3.8, 4) is 5.75 Å². The minimum atomic E-state index is -0.0320. The largest absolute Gasteiger partial charge is 0.496 e. The normalized spacial score (nSPS) is 11.8. The Morgan fingerprint density at radius 3 is 2.62 bits per heavy atom. The Kier molecular flexibility index (Phi) is 4.35. The highest BCUT2D eigenvalue weighted by atomic mass is 79.9. The molecule has 0 atom stereocenters. The maximum atomic E-state index is 5.24. The van der Waals surface area contributed by atoms with Crippen LogP contribution in [0.5, 0.6) is 5.75 Å². The first-order valence-electron chi connectivity index (χ1n) is 5.06. The van der Waals surface area contributed by atoms with E-state index >= 15 is 0 Å². The van der Waals surface area contributed by atoms with Crippen LogP contribution in [0.15, 0.2) is 27.8 Å². The summed E-state index contributed by atoms with van der Waals surface area (Å²) in [6.07, 6.45) is 1.76. The van der Waals surface area contributed by atoms with Crippen molar-refractivity contribution in [2.75, 3.05) is 7.11 Å². The zero-order valence-electron chi connectivity index (χ0n) is 10.0. The summed E-state index contributed by atoms with van der Waals surface area (Å²) in [6, 6.07) is 5.81. The minimum absolute atomic E-state index is 0.0320. The average Bonchev–Trinajstić information content (AvgIpc) is 2.16. The van der Waals surface area contributed by atoms with Gasteiger partial charge in [-0.05, 0) is 39.0 Å². The summed E-state index contributed by atoms with van der Waals surface area (Å²) in [5.41, 5.74) is 3.95. The van der Waals surface area contributed by atoms with Gasteiger partial charge in [0.1, 0.15) is 5.75 Å². The molecule has 0 aliphatic heterocycles. The Hall–Kier alpha value is -1.03. The van der Waals surface area contributed by atoms with E-state index in [-0.39, 0.29) is 5.54 Å². The van der Waals surface area contributed by atoms with Crippen molar-refractivity contribution in [3.63, 3.8) is 0 Å². The molecule has 0 spiro atoms. The van der Waals surface area contributed by atoms with Gasteiger partial charge in [0.2, 0.25) is 0 Å². The van der Waals surface area contributed by atoms with Crippen LogP contribution in [-0.4, -0.2) is 18.9 Å². The van der Waals surface area contributed by atoms with Crippen LogP contribution in [0, 0.1) is 0 Å². The average molecular weight is 285 g/mol. The number of ether oxygens (including phenoxy) is 1. The second kappa shape index (κ2) is 5.34. The molecule has 0 heterocycles. The number of benzene rings is 1. The lowest BCUT2D eigenvalue weighted by Gasteiger charge is -2.17. The number of nitrogens with one attached hydrogen (secondary N) is 1. The zero-order valence-corrected chi connectivity index (χ0v) is 11.6. The van der Waals surface area contributed by atoms with Gasteiger partial charge in [-0.15, -0.1) is 0 Å². The molecule has 1 aromatic rings. The Morgan fingerprint density at radius 1 is 1.38 bits per heavy atom. The second-order valence-corrected chi connectivity index (χ2v) is 5.42. The summed E-state index contributed by atoms with van der Waals surface area (Å²) in [5, 5.41) is 4.19. The molecule has 0 saturated carbocycles. The summed E-state index contributed by atoms with van der Waals surface area (Å²) < 4.78 is 6.25. The van der Waals surface area contributed by atoms with Gasteiger partial charge in [0.15, 0.2) is 0 Å². The van der Waals surface area contributed by atoms with Crippen LogP contribution in [0.4, 0.5) is 0 Å². The fourth-order valence-electron chi connectivity index (χ4n) is 1.10. The fourth-order valence-corrected chi connectivity index (χ4v) is 1.48. The van der Waals surface area contributed by atoms with Crippen LogP contribution in [0.25, 0.3) is 0 Å². The molecule has 1 aromatic carbocycles. The third kappa shape index (κ3) is 4.23. The van der Waals surface area contributed by atoms with Crippen molar-refractivity contribution >= 4 is 22.1 Å². The highest BCUT2D eigenvalue weighted by Crippen LogP contribution is 2.21. The smallest absolute Gasteiger partial charge is 0.127 e. The molecule has 0 aliphatic carbocycles. The molecular weight excluding hydrogens is 268 g/mol. The van der Waals surface area contributed by atoms with E-state index in [2.05, 4.69) is 47.2 Å². The van der Waals surface area contributed by atoms with Crippen molar-refractivity contribution in [1.82, 2.24) is 5.43 Å². The number of nitrogens with zero attached hydrogens (tertiary/aromatic N) is 1. The molecule has 0 unspecified atom stereocenters. The van der Waals surface area contributed by atoms with Gasteiger partial charge in [0.05, 0.1) is 13.3 Å². The van der Waals surface area contributed by atoms with Gasteiger partial charge in [-0.3, -0.25) is 0 Å². The number of hydrogen-bond donors (Lipinski definition) is 1. The molecule has 0 amide bonds. The Morgan fingerprint density at radius 2 is 2.06 bits per heavy atom. The van der Waals surface area contributed by atoms with Crippen LogP contribution >= 0.6 is 15.9 Å². The van der Waals surface area contributed by atoms with Crippen LogP contribution in [0.1, 0.15) is 26.3 Å². The van der Waals surface area contributed by atoms with E-state index in [0.29, 0.717) is 0 Å². The molecular formula is C12H17BrN2O. The zero-order chi connectivity index (χ0) is 12.2. The van der Waals surface area contributed by atoms with Gasteiger partial charge in [0, 0.05) is 15.6 Å². The fraction of sp³-hybridized carbons (Fsp3) is 0.417. The van der Waals surface area contributed by atoms with Crippen molar-refractivity contribution < 1.29 is 4.74 Å². The number of hydrogen-bond acceptors (Lipinski definition) is 3. The highest BCUT2D eigenvalue weighted by molar-refractivity contribution is 9.10. The Bertz CT molecular complexity index is 383. The van der Waals surface area contributed by atoms with Crippen LogP contribution in [0.2, 0.25) is 0 Å². The maximum absolute atomic E-state index is 5.24. The molecule has 4 heteroatoms. The number of halogens is 1. The quantitative estimate of drug-likeness (QED) is 0.683. The maximum Gasteiger partial charge on any atom is 0.127 e. The third-order valence-corrected chi connectivity index (χ3v) is 2.29. The van der Waals surface area contributed by atoms with Crippen LogP contribution in [0.3, 0.4) is 0 Å². The van der Waals surface area contributed by atoms with Crippen molar-refractivity contribution in [2.45, 2.75) is 26.3 Å². The molecule has 0 fully saturated rings. The van der Waals surface area contributed by atoms with Gasteiger partial charge < -0.3 is 10.2 Å². The standard InChI is InChI=1S/C12H17BrN2O/c1-12(2,3)15-14-8-9-7-10(13)5-6-11(9)16-4/h5-8,15H,1-4H3/b14-8+. The van der Waals surface area contributed by atoms with E-state index in [1.54, 1.807) is 13.3 Å². The van der Waals surface area contributed by atoms with E-state index < -0.39 is 0 Å².